The number of hydrogen-bond acceptors (Lipinski definition) is 3. The molecule has 0 radical (unpaired) electrons. The predicted octanol–water partition coefficient (Wildman–Crippen LogP) is 2.68. The van der Waals surface area contributed by atoms with Gasteiger partial charge < -0.3 is 4.90 Å². The van der Waals surface area contributed by atoms with Gasteiger partial charge in [-0.3, -0.25) is 4.79 Å². The summed E-state index contributed by atoms with van der Waals surface area (Å²) in [5, 5.41) is 0. The first-order valence-electron chi connectivity index (χ1n) is 7.76. The van der Waals surface area contributed by atoms with Gasteiger partial charge in [-0.25, -0.2) is 8.42 Å². The Kier molecular flexibility index (Phi) is 5.40. The average molecular weight is 341 g/mol. The molecule has 2 fully saturated rings. The van der Waals surface area contributed by atoms with Crippen LogP contribution in [0.5, 0.6) is 0 Å². The molecule has 1 atom stereocenters. The van der Waals surface area contributed by atoms with Crippen LogP contribution in [0.3, 0.4) is 0 Å². The SMILES string of the molecule is O=C(CCC(F)(F)F)N(C1CCCCC1)C1CCS(=O)(=O)C1. The summed E-state index contributed by atoms with van der Waals surface area (Å²) in [6, 6.07) is -0.554. The van der Waals surface area contributed by atoms with E-state index in [9.17, 15) is 26.4 Å². The van der Waals surface area contributed by atoms with E-state index in [4.69, 9.17) is 0 Å². The van der Waals surface area contributed by atoms with Gasteiger partial charge in [-0.1, -0.05) is 19.3 Å². The summed E-state index contributed by atoms with van der Waals surface area (Å²) in [6.07, 6.45) is -1.30. The third-order valence-corrected chi connectivity index (χ3v) is 6.23. The lowest BCUT2D eigenvalue weighted by molar-refractivity contribution is -0.152. The summed E-state index contributed by atoms with van der Waals surface area (Å²) >= 11 is 0. The van der Waals surface area contributed by atoms with Gasteiger partial charge >= 0.3 is 6.18 Å². The molecule has 2 rings (SSSR count). The molecule has 1 amide bonds. The van der Waals surface area contributed by atoms with Crippen molar-refractivity contribution in [3.63, 3.8) is 0 Å². The minimum absolute atomic E-state index is 0.0213. The first-order valence-corrected chi connectivity index (χ1v) is 9.58. The van der Waals surface area contributed by atoms with E-state index in [1.807, 2.05) is 0 Å². The van der Waals surface area contributed by atoms with Gasteiger partial charge in [-0.2, -0.15) is 13.2 Å². The Morgan fingerprint density at radius 2 is 1.68 bits per heavy atom. The van der Waals surface area contributed by atoms with Crippen molar-refractivity contribution >= 4 is 15.7 Å². The smallest absolute Gasteiger partial charge is 0.336 e. The number of carbonyl (C=O) groups is 1. The van der Waals surface area contributed by atoms with E-state index in [0.29, 0.717) is 6.42 Å². The molecule has 1 aliphatic heterocycles. The number of nitrogens with zero attached hydrogens (tertiary/aromatic N) is 1. The summed E-state index contributed by atoms with van der Waals surface area (Å²) in [4.78, 5) is 13.8. The van der Waals surface area contributed by atoms with E-state index in [1.165, 1.54) is 4.90 Å². The van der Waals surface area contributed by atoms with E-state index in [0.717, 1.165) is 32.1 Å². The van der Waals surface area contributed by atoms with Gasteiger partial charge in [0.2, 0.25) is 5.91 Å². The normalized spacial score (nSPS) is 26.0. The highest BCUT2D eigenvalue weighted by Crippen LogP contribution is 2.30. The zero-order chi connectivity index (χ0) is 16.4. The van der Waals surface area contributed by atoms with Gasteiger partial charge in [-0.15, -0.1) is 0 Å². The second kappa shape index (κ2) is 6.76. The lowest BCUT2D eigenvalue weighted by Crippen LogP contribution is -2.48. The fraction of sp³-hybridized carbons (Fsp3) is 0.929. The van der Waals surface area contributed by atoms with Gasteiger partial charge in [0.05, 0.1) is 17.9 Å². The second-order valence-corrected chi connectivity index (χ2v) is 8.49. The van der Waals surface area contributed by atoms with E-state index in [-0.39, 0.29) is 17.5 Å². The molecule has 1 unspecified atom stereocenters. The molecule has 0 bridgehead atoms. The van der Waals surface area contributed by atoms with Crippen LogP contribution < -0.4 is 0 Å². The molecule has 2 aliphatic rings. The molecule has 1 heterocycles. The molecule has 0 spiro atoms. The van der Waals surface area contributed by atoms with Crippen molar-refractivity contribution < 1.29 is 26.4 Å². The molecule has 0 aromatic rings. The van der Waals surface area contributed by atoms with Crippen molar-refractivity contribution in [3.05, 3.63) is 0 Å². The van der Waals surface area contributed by atoms with Crippen LogP contribution >= 0.6 is 0 Å². The van der Waals surface area contributed by atoms with E-state index >= 15 is 0 Å². The Labute approximate surface area is 129 Å². The van der Waals surface area contributed by atoms with E-state index in [2.05, 4.69) is 0 Å². The largest absolute Gasteiger partial charge is 0.389 e. The van der Waals surface area contributed by atoms with E-state index in [1.54, 1.807) is 0 Å². The van der Waals surface area contributed by atoms with Crippen molar-refractivity contribution in [1.82, 2.24) is 4.90 Å². The van der Waals surface area contributed by atoms with Crippen LogP contribution in [-0.2, 0) is 14.6 Å². The minimum atomic E-state index is -4.37. The predicted molar refractivity (Wildman–Crippen MR) is 76.1 cm³/mol. The van der Waals surface area contributed by atoms with Crippen LogP contribution in [0, 0.1) is 0 Å². The van der Waals surface area contributed by atoms with Gasteiger partial charge in [0.1, 0.15) is 0 Å². The maximum absolute atomic E-state index is 12.4. The fourth-order valence-electron chi connectivity index (χ4n) is 3.44. The van der Waals surface area contributed by atoms with Crippen molar-refractivity contribution in [2.75, 3.05) is 11.5 Å². The molecule has 1 aliphatic carbocycles. The van der Waals surface area contributed by atoms with Crippen molar-refractivity contribution in [1.29, 1.82) is 0 Å². The van der Waals surface area contributed by atoms with Crippen molar-refractivity contribution in [3.8, 4) is 0 Å². The summed E-state index contributed by atoms with van der Waals surface area (Å²) < 4.78 is 60.4. The zero-order valence-electron chi connectivity index (χ0n) is 12.4. The minimum Gasteiger partial charge on any atom is -0.336 e. The van der Waals surface area contributed by atoms with Gasteiger partial charge in [0, 0.05) is 18.5 Å². The van der Waals surface area contributed by atoms with Gasteiger partial charge in [0.25, 0.3) is 0 Å². The molecule has 0 aromatic heterocycles. The molecule has 22 heavy (non-hydrogen) atoms. The molecule has 0 N–H and O–H groups in total. The number of amides is 1. The molecule has 1 saturated heterocycles. The molecule has 1 saturated carbocycles. The van der Waals surface area contributed by atoms with Crippen molar-refractivity contribution in [2.24, 2.45) is 0 Å². The van der Waals surface area contributed by atoms with Gasteiger partial charge in [0.15, 0.2) is 9.84 Å². The topological polar surface area (TPSA) is 54.5 Å². The number of hydrogen-bond donors (Lipinski definition) is 0. The quantitative estimate of drug-likeness (QED) is 0.790. The maximum Gasteiger partial charge on any atom is 0.389 e. The van der Waals surface area contributed by atoms with Crippen LogP contribution in [-0.4, -0.2) is 49.0 Å². The highest BCUT2D eigenvalue weighted by Gasteiger charge is 2.39. The highest BCUT2D eigenvalue weighted by atomic mass is 32.2. The van der Waals surface area contributed by atoms with E-state index < -0.39 is 40.8 Å². The average Bonchev–Trinajstić information content (AvgIpc) is 2.77. The van der Waals surface area contributed by atoms with Crippen LogP contribution in [0.4, 0.5) is 13.2 Å². The molecule has 8 heteroatoms. The summed E-state index contributed by atoms with van der Waals surface area (Å²) in [7, 11) is -3.17. The molecule has 0 aromatic carbocycles. The standard InChI is InChI=1S/C14H22F3NO3S/c15-14(16,17)8-6-13(19)18(11-4-2-1-3-5-11)12-7-9-22(20,21)10-12/h11-12H,1-10H2. The lowest BCUT2D eigenvalue weighted by Gasteiger charge is -2.38. The number of carbonyl (C=O) groups excluding carboxylic acids is 1. The number of rotatable bonds is 4. The van der Waals surface area contributed by atoms with Crippen LogP contribution in [0.15, 0.2) is 0 Å². The lowest BCUT2D eigenvalue weighted by atomic mass is 9.92. The molecule has 4 nitrogen and oxygen atoms in total. The number of alkyl halides is 3. The number of sulfone groups is 1. The fourth-order valence-corrected chi connectivity index (χ4v) is 5.15. The van der Waals surface area contributed by atoms with Crippen LogP contribution in [0.25, 0.3) is 0 Å². The Morgan fingerprint density at radius 1 is 1.05 bits per heavy atom. The molecule has 128 valence electrons. The molecular weight excluding hydrogens is 319 g/mol. The monoisotopic (exact) mass is 341 g/mol. The maximum atomic E-state index is 12.4. The Hall–Kier alpha value is -0.790. The third-order valence-electron chi connectivity index (χ3n) is 4.48. The third kappa shape index (κ3) is 4.86. The summed E-state index contributed by atoms with van der Waals surface area (Å²) in [6.45, 7) is 0. The highest BCUT2D eigenvalue weighted by molar-refractivity contribution is 7.91. The van der Waals surface area contributed by atoms with Crippen LogP contribution in [0.1, 0.15) is 51.4 Å². The summed E-state index contributed by atoms with van der Waals surface area (Å²) in [5.74, 6) is -0.638. The second-order valence-electron chi connectivity index (χ2n) is 6.26. The Balaban J connectivity index is 2.09. The Bertz CT molecular complexity index is 498. The molecular formula is C14H22F3NO3S. The first-order chi connectivity index (χ1) is 10.2. The van der Waals surface area contributed by atoms with Gasteiger partial charge in [-0.05, 0) is 19.3 Å². The zero-order valence-corrected chi connectivity index (χ0v) is 13.3. The summed E-state index contributed by atoms with van der Waals surface area (Å²) in [5.41, 5.74) is 0. The number of halogens is 3. The van der Waals surface area contributed by atoms with Crippen molar-refractivity contribution in [2.45, 2.75) is 69.6 Å². The first kappa shape index (κ1) is 17.6. The van der Waals surface area contributed by atoms with Crippen LogP contribution in [0.2, 0.25) is 0 Å². The Morgan fingerprint density at radius 3 is 2.18 bits per heavy atom.